The largest absolute Gasteiger partial charge is 0.332 e. The van der Waals surface area contributed by atoms with Gasteiger partial charge in [-0.1, -0.05) is 0 Å². The molecule has 2 heterocycles. The van der Waals surface area contributed by atoms with Crippen LogP contribution in [0.2, 0.25) is 0 Å². The average Bonchev–Trinajstić information content (AvgIpc) is 2.48. The molecule has 7 nitrogen and oxygen atoms in total. The molecule has 0 spiro atoms. The maximum absolute atomic E-state index is 11.9. The molecule has 0 atom stereocenters. The zero-order valence-electron chi connectivity index (χ0n) is 10.9. The van der Waals surface area contributed by atoms with Gasteiger partial charge < -0.3 is 15.5 Å². The highest BCUT2D eigenvalue weighted by molar-refractivity contribution is 6.37. The maximum atomic E-state index is 11.9. The Bertz CT molecular complexity index is 360. The lowest BCUT2D eigenvalue weighted by Crippen LogP contribution is -2.53. The summed E-state index contributed by atoms with van der Waals surface area (Å²) in [5, 5.41) is 8.48. The summed E-state index contributed by atoms with van der Waals surface area (Å²) in [5.41, 5.74) is 0. The number of nitrogens with one attached hydrogen (secondary N) is 3. The molecular weight excluding hydrogens is 248 g/mol. The van der Waals surface area contributed by atoms with Crippen LogP contribution < -0.4 is 16.0 Å². The number of piperidine rings is 1. The molecule has 0 radical (unpaired) electrons. The van der Waals surface area contributed by atoms with Crippen molar-refractivity contribution in [1.82, 2.24) is 20.9 Å². The average molecular weight is 268 g/mol. The van der Waals surface area contributed by atoms with Gasteiger partial charge in [0.1, 0.15) is 0 Å². The third-order valence-corrected chi connectivity index (χ3v) is 3.55. The van der Waals surface area contributed by atoms with E-state index in [9.17, 15) is 14.4 Å². The molecule has 7 heteroatoms. The normalized spacial score (nSPS) is 20.9. The SMILES string of the molecule is O=C(NC(=O)C1CCNCC1)C(=O)N1CCNCC1. The first-order chi connectivity index (χ1) is 9.18. The van der Waals surface area contributed by atoms with E-state index in [4.69, 9.17) is 0 Å². The van der Waals surface area contributed by atoms with Gasteiger partial charge in [0.15, 0.2) is 0 Å². The van der Waals surface area contributed by atoms with E-state index < -0.39 is 11.8 Å². The zero-order chi connectivity index (χ0) is 13.7. The van der Waals surface area contributed by atoms with Crippen molar-refractivity contribution in [2.45, 2.75) is 12.8 Å². The first-order valence-electron chi connectivity index (χ1n) is 6.74. The highest BCUT2D eigenvalue weighted by Crippen LogP contribution is 2.11. The number of hydrogen-bond acceptors (Lipinski definition) is 5. The number of hydrogen-bond donors (Lipinski definition) is 3. The van der Waals surface area contributed by atoms with Gasteiger partial charge in [-0.3, -0.25) is 19.7 Å². The molecule has 0 saturated carbocycles. The molecule has 106 valence electrons. The van der Waals surface area contributed by atoms with Crippen molar-refractivity contribution in [1.29, 1.82) is 0 Å². The van der Waals surface area contributed by atoms with Crippen molar-refractivity contribution in [2.24, 2.45) is 5.92 Å². The molecule has 2 aliphatic heterocycles. The lowest BCUT2D eigenvalue weighted by Gasteiger charge is -2.27. The molecule has 0 unspecified atom stereocenters. The van der Waals surface area contributed by atoms with Crippen LogP contribution in [0.25, 0.3) is 0 Å². The summed E-state index contributed by atoms with van der Waals surface area (Å²) < 4.78 is 0. The third kappa shape index (κ3) is 3.74. The minimum absolute atomic E-state index is 0.166. The van der Waals surface area contributed by atoms with Crippen molar-refractivity contribution >= 4 is 17.7 Å². The van der Waals surface area contributed by atoms with Crippen LogP contribution in [-0.4, -0.2) is 61.9 Å². The summed E-state index contributed by atoms with van der Waals surface area (Å²) in [6, 6.07) is 0. The fourth-order valence-electron chi connectivity index (χ4n) is 2.36. The third-order valence-electron chi connectivity index (χ3n) is 3.55. The number of nitrogens with zero attached hydrogens (tertiary/aromatic N) is 1. The first-order valence-corrected chi connectivity index (χ1v) is 6.74. The predicted molar refractivity (Wildman–Crippen MR) is 68.2 cm³/mol. The lowest BCUT2D eigenvalue weighted by molar-refractivity contribution is -0.148. The van der Waals surface area contributed by atoms with E-state index in [0.29, 0.717) is 39.0 Å². The Kier molecular flexibility index (Phi) is 4.86. The van der Waals surface area contributed by atoms with Crippen LogP contribution in [0.4, 0.5) is 0 Å². The highest BCUT2D eigenvalue weighted by atomic mass is 16.2. The van der Waals surface area contributed by atoms with E-state index in [-0.39, 0.29) is 11.8 Å². The maximum Gasteiger partial charge on any atom is 0.316 e. The van der Waals surface area contributed by atoms with Crippen LogP contribution in [0.1, 0.15) is 12.8 Å². The number of amides is 3. The van der Waals surface area contributed by atoms with Crippen LogP contribution in [0.3, 0.4) is 0 Å². The molecule has 0 aromatic heterocycles. The molecule has 3 N–H and O–H groups in total. The second-order valence-electron chi connectivity index (χ2n) is 4.88. The van der Waals surface area contributed by atoms with Crippen molar-refractivity contribution in [3.8, 4) is 0 Å². The second kappa shape index (κ2) is 6.63. The molecule has 19 heavy (non-hydrogen) atoms. The quantitative estimate of drug-likeness (QED) is 0.481. The van der Waals surface area contributed by atoms with Gasteiger partial charge in [-0.05, 0) is 25.9 Å². The Morgan fingerprint density at radius 1 is 0.947 bits per heavy atom. The van der Waals surface area contributed by atoms with Crippen LogP contribution in [0.15, 0.2) is 0 Å². The van der Waals surface area contributed by atoms with Crippen LogP contribution in [0, 0.1) is 5.92 Å². The molecule has 3 amide bonds. The van der Waals surface area contributed by atoms with E-state index in [1.807, 2.05) is 0 Å². The van der Waals surface area contributed by atoms with Crippen LogP contribution in [0.5, 0.6) is 0 Å². The molecule has 2 saturated heterocycles. The lowest BCUT2D eigenvalue weighted by atomic mass is 9.97. The standard InChI is InChI=1S/C12H20N4O3/c17-10(9-1-3-13-4-2-9)15-11(18)12(19)16-7-5-14-6-8-16/h9,13-14H,1-8H2,(H,15,17,18). The summed E-state index contributed by atoms with van der Waals surface area (Å²) in [5.74, 6) is -1.90. The summed E-state index contributed by atoms with van der Waals surface area (Å²) in [4.78, 5) is 36.9. The van der Waals surface area contributed by atoms with Gasteiger partial charge in [-0.2, -0.15) is 0 Å². The van der Waals surface area contributed by atoms with Gasteiger partial charge in [0, 0.05) is 32.1 Å². The van der Waals surface area contributed by atoms with Gasteiger partial charge >= 0.3 is 11.8 Å². The Balaban J connectivity index is 1.82. The Labute approximate surface area is 112 Å². The van der Waals surface area contributed by atoms with Gasteiger partial charge in [0.05, 0.1) is 0 Å². The summed E-state index contributed by atoms with van der Waals surface area (Å²) in [6.07, 6.45) is 1.42. The molecule has 2 fully saturated rings. The Morgan fingerprint density at radius 3 is 2.16 bits per heavy atom. The molecule has 0 bridgehead atoms. The first kappa shape index (κ1) is 14.0. The smallest absolute Gasteiger partial charge is 0.316 e. The molecule has 2 aliphatic rings. The zero-order valence-corrected chi connectivity index (χ0v) is 10.9. The van der Waals surface area contributed by atoms with E-state index in [1.165, 1.54) is 4.90 Å². The fraction of sp³-hybridized carbons (Fsp3) is 0.750. The predicted octanol–water partition coefficient (Wildman–Crippen LogP) is -1.94. The van der Waals surface area contributed by atoms with E-state index in [1.54, 1.807) is 0 Å². The number of carbonyl (C=O) groups excluding carboxylic acids is 3. The topological polar surface area (TPSA) is 90.5 Å². The van der Waals surface area contributed by atoms with Crippen LogP contribution >= 0.6 is 0 Å². The minimum Gasteiger partial charge on any atom is -0.332 e. The van der Waals surface area contributed by atoms with Gasteiger partial charge in [-0.25, -0.2) is 0 Å². The molecule has 0 aromatic carbocycles. The number of piperazine rings is 1. The van der Waals surface area contributed by atoms with Crippen LogP contribution in [-0.2, 0) is 14.4 Å². The van der Waals surface area contributed by atoms with Crippen molar-refractivity contribution in [3.05, 3.63) is 0 Å². The van der Waals surface area contributed by atoms with E-state index in [2.05, 4.69) is 16.0 Å². The Hall–Kier alpha value is -1.47. The summed E-state index contributed by atoms with van der Waals surface area (Å²) in [6.45, 7) is 3.93. The van der Waals surface area contributed by atoms with Crippen molar-refractivity contribution in [2.75, 3.05) is 39.3 Å². The fourth-order valence-corrected chi connectivity index (χ4v) is 2.36. The number of rotatable bonds is 1. The van der Waals surface area contributed by atoms with Gasteiger partial charge in [-0.15, -0.1) is 0 Å². The minimum atomic E-state index is -0.801. The highest BCUT2D eigenvalue weighted by Gasteiger charge is 2.28. The van der Waals surface area contributed by atoms with Gasteiger partial charge in [0.2, 0.25) is 5.91 Å². The Morgan fingerprint density at radius 2 is 1.53 bits per heavy atom. The summed E-state index contributed by atoms with van der Waals surface area (Å²) in [7, 11) is 0. The van der Waals surface area contributed by atoms with E-state index in [0.717, 1.165) is 13.1 Å². The molecular formula is C12H20N4O3. The van der Waals surface area contributed by atoms with Gasteiger partial charge in [0.25, 0.3) is 0 Å². The second-order valence-corrected chi connectivity index (χ2v) is 4.88. The molecule has 0 aromatic rings. The van der Waals surface area contributed by atoms with Crippen molar-refractivity contribution < 1.29 is 14.4 Å². The number of imide groups is 1. The monoisotopic (exact) mass is 268 g/mol. The van der Waals surface area contributed by atoms with Crippen molar-refractivity contribution in [3.63, 3.8) is 0 Å². The molecule has 2 rings (SSSR count). The molecule has 0 aliphatic carbocycles. The number of carbonyl (C=O) groups is 3. The van der Waals surface area contributed by atoms with E-state index >= 15 is 0 Å². The summed E-state index contributed by atoms with van der Waals surface area (Å²) >= 11 is 0.